The molecule has 0 amide bonds. The Labute approximate surface area is 114 Å². The average Bonchev–Trinajstić information content (AvgIpc) is 2.24. The largest absolute Gasteiger partial charge is 1.00 e. The number of benzene rings is 2. The van der Waals surface area contributed by atoms with Crippen molar-refractivity contribution in [2.45, 2.75) is 13.8 Å². The molecule has 0 heterocycles. The van der Waals surface area contributed by atoms with Crippen molar-refractivity contribution in [1.29, 1.82) is 0 Å². The van der Waals surface area contributed by atoms with E-state index in [0.717, 1.165) is 0 Å². The maximum absolute atomic E-state index is 2.25. The summed E-state index contributed by atoms with van der Waals surface area (Å²) in [6, 6.07) is 17.4. The summed E-state index contributed by atoms with van der Waals surface area (Å²) in [5.74, 6) is 0. The Morgan fingerprint density at radius 2 is 1.06 bits per heavy atom. The van der Waals surface area contributed by atoms with E-state index >= 15 is 0 Å². The van der Waals surface area contributed by atoms with Crippen LogP contribution in [0.5, 0.6) is 0 Å². The minimum absolute atomic E-state index is 0. The van der Waals surface area contributed by atoms with Crippen molar-refractivity contribution in [2.24, 2.45) is 0 Å². The molecule has 0 aliphatic heterocycles. The predicted molar refractivity (Wildman–Crippen MR) is 67.4 cm³/mol. The first-order valence-electron chi connectivity index (χ1n) is 5.23. The minimum Gasteiger partial charge on any atom is -1.00 e. The van der Waals surface area contributed by atoms with Gasteiger partial charge in [-0.15, -0.1) is 0 Å². The topological polar surface area (TPSA) is 0 Å². The van der Waals surface area contributed by atoms with Crippen LogP contribution in [0.1, 0.15) is 11.1 Å². The molecule has 80 valence electrons. The molecule has 2 aromatic carbocycles. The van der Waals surface area contributed by atoms with Crippen LogP contribution in [0.2, 0.25) is 0 Å². The van der Waals surface area contributed by atoms with Gasteiger partial charge in [0.25, 0.3) is 0 Å². The maximum atomic E-state index is 2.25. The van der Waals surface area contributed by atoms with Crippen molar-refractivity contribution >= 4 is 24.1 Å². The van der Waals surface area contributed by atoms with Crippen LogP contribution >= 0.6 is 0 Å². The van der Waals surface area contributed by atoms with Gasteiger partial charge in [-0.25, -0.2) is 0 Å². The molecule has 0 saturated heterocycles. The molecule has 2 rings (SSSR count). The second-order valence-electron chi connectivity index (χ2n) is 3.86. The van der Waals surface area contributed by atoms with E-state index in [0.29, 0.717) is 0 Å². The summed E-state index contributed by atoms with van der Waals surface area (Å²) in [5.41, 5.74) is 2.83. The molecule has 2 heteroatoms. The molecule has 0 aliphatic rings. The zero-order valence-corrected chi connectivity index (χ0v) is 12.3. The van der Waals surface area contributed by atoms with Gasteiger partial charge < -0.3 is 17.0 Å². The van der Waals surface area contributed by atoms with Gasteiger partial charge in [0, 0.05) is 0 Å². The van der Waals surface area contributed by atoms with Crippen LogP contribution in [0.3, 0.4) is 0 Å². The third-order valence-electron chi connectivity index (χ3n) is 2.69. The van der Waals surface area contributed by atoms with Gasteiger partial charge in [-0.2, -0.15) is 0 Å². The molecule has 0 atom stereocenters. The Kier molecular flexibility index (Phi) is 5.28. The molecular weight excluding hydrogens is 275 g/mol. The Morgan fingerprint density at radius 3 is 1.44 bits per heavy atom. The van der Waals surface area contributed by atoms with Gasteiger partial charge in [0.2, 0.25) is 0 Å². The van der Waals surface area contributed by atoms with E-state index < -0.39 is 0 Å². The molecule has 2 aromatic rings. The fourth-order valence-corrected chi connectivity index (χ4v) is 3.06. The summed E-state index contributed by atoms with van der Waals surface area (Å²) in [6.07, 6.45) is 0. The number of hydrogen-bond acceptors (Lipinski definition) is 0. The average molecular weight is 289 g/mol. The smallest absolute Gasteiger partial charge is 1.00 e. The quantitative estimate of drug-likeness (QED) is 0.620. The summed E-state index contributed by atoms with van der Waals surface area (Å²) < 4.78 is 3.01. The van der Waals surface area contributed by atoms with Gasteiger partial charge in [0.15, 0.2) is 0 Å². The van der Waals surface area contributed by atoms with Gasteiger partial charge in [0.05, 0.1) is 0 Å². The van der Waals surface area contributed by atoms with Crippen LogP contribution < -0.4 is 25.8 Å². The Hall–Kier alpha value is -0.548. The van der Waals surface area contributed by atoms with Crippen molar-refractivity contribution in [2.75, 3.05) is 0 Å². The number of hydrogen-bond donors (Lipinski definition) is 0. The third kappa shape index (κ3) is 3.22. The van der Waals surface area contributed by atoms with Crippen LogP contribution in [-0.4, -0.2) is 15.2 Å². The summed E-state index contributed by atoms with van der Waals surface area (Å²) in [7, 11) is 0. The zero-order chi connectivity index (χ0) is 10.7. The molecular formula is C14H14AlBr. The van der Waals surface area contributed by atoms with Crippen LogP contribution in [-0.2, 0) is 0 Å². The zero-order valence-electron chi connectivity index (χ0n) is 9.57. The second kappa shape index (κ2) is 6.25. The van der Waals surface area contributed by atoms with Crippen molar-refractivity contribution in [3.63, 3.8) is 0 Å². The van der Waals surface area contributed by atoms with E-state index in [1.807, 2.05) is 0 Å². The molecule has 0 aliphatic carbocycles. The fourth-order valence-electron chi connectivity index (χ4n) is 1.67. The summed E-state index contributed by atoms with van der Waals surface area (Å²) >= 11 is 0.241. The molecule has 0 bridgehead atoms. The molecule has 0 aromatic heterocycles. The van der Waals surface area contributed by atoms with Crippen molar-refractivity contribution < 1.29 is 17.0 Å². The standard InChI is InChI=1S/2C7H7.Al.BrH/c2*1-7-5-3-2-4-6-7;;/h2*2-5H,1H3;;1H/q;;+1;/p-1. The Morgan fingerprint density at radius 1 is 0.688 bits per heavy atom. The number of halogens is 1. The first kappa shape index (κ1) is 13.5. The predicted octanol–water partition coefficient (Wildman–Crippen LogP) is -1.04. The first-order valence-corrected chi connectivity index (χ1v) is 6.39. The molecule has 0 nitrogen and oxygen atoms in total. The van der Waals surface area contributed by atoms with Crippen molar-refractivity contribution in [1.82, 2.24) is 0 Å². The molecule has 0 radical (unpaired) electrons. The summed E-state index contributed by atoms with van der Waals surface area (Å²) in [5, 5.41) is 0. The van der Waals surface area contributed by atoms with Crippen molar-refractivity contribution in [3.05, 3.63) is 59.7 Å². The van der Waals surface area contributed by atoms with Crippen LogP contribution in [0.15, 0.2) is 48.5 Å². The Bertz CT molecular complexity index is 422. The van der Waals surface area contributed by atoms with Crippen LogP contribution in [0.25, 0.3) is 0 Å². The molecule has 0 fully saturated rings. The molecule has 0 saturated carbocycles. The van der Waals surface area contributed by atoms with Crippen LogP contribution in [0.4, 0.5) is 0 Å². The van der Waals surface area contributed by atoms with E-state index in [-0.39, 0.29) is 32.2 Å². The van der Waals surface area contributed by atoms with Gasteiger partial charge in [-0.1, -0.05) is 0 Å². The molecule has 0 N–H and O–H groups in total. The monoisotopic (exact) mass is 288 g/mol. The maximum Gasteiger partial charge on any atom is -1.00 e. The summed E-state index contributed by atoms with van der Waals surface area (Å²) in [4.78, 5) is 0. The van der Waals surface area contributed by atoms with Gasteiger partial charge >= 0.3 is 97.6 Å². The number of aryl methyl sites for hydroxylation is 2. The summed E-state index contributed by atoms with van der Waals surface area (Å²) in [6.45, 7) is 4.39. The van der Waals surface area contributed by atoms with Gasteiger partial charge in [-0.05, 0) is 0 Å². The van der Waals surface area contributed by atoms with Gasteiger partial charge in [0.1, 0.15) is 0 Å². The van der Waals surface area contributed by atoms with Gasteiger partial charge in [-0.3, -0.25) is 0 Å². The first-order chi connectivity index (χ1) is 7.27. The Balaban J connectivity index is 0.00000128. The van der Waals surface area contributed by atoms with E-state index in [1.54, 1.807) is 0 Å². The SMILES string of the molecule is Cc1cccc[c]1[Al+][c]1ccccc1C.[Br-]. The van der Waals surface area contributed by atoms with Crippen LogP contribution in [0, 0.1) is 13.8 Å². The minimum atomic E-state index is 0. The molecule has 0 unspecified atom stereocenters. The van der Waals surface area contributed by atoms with Crippen molar-refractivity contribution in [3.8, 4) is 0 Å². The molecule has 16 heavy (non-hydrogen) atoms. The second-order valence-corrected chi connectivity index (χ2v) is 5.39. The molecule has 0 spiro atoms. The fraction of sp³-hybridized carbons (Fsp3) is 0.143. The van der Waals surface area contributed by atoms with E-state index in [2.05, 4.69) is 62.4 Å². The van der Waals surface area contributed by atoms with E-state index in [9.17, 15) is 0 Å². The third-order valence-corrected chi connectivity index (χ3v) is 4.61. The van der Waals surface area contributed by atoms with E-state index in [4.69, 9.17) is 0 Å². The normalized spacial score (nSPS) is 9.12. The number of rotatable bonds is 2. The van der Waals surface area contributed by atoms with E-state index in [1.165, 1.54) is 20.0 Å².